The average molecular weight is 374 g/mol. The van der Waals surface area contributed by atoms with Gasteiger partial charge in [0.15, 0.2) is 5.17 Å². The summed E-state index contributed by atoms with van der Waals surface area (Å²) >= 11 is 7.52. The first-order valence-electron chi connectivity index (χ1n) is 7.61. The van der Waals surface area contributed by atoms with Crippen molar-refractivity contribution in [3.05, 3.63) is 64.7 Å². The van der Waals surface area contributed by atoms with Gasteiger partial charge in [-0.3, -0.25) is 4.79 Å². The molecule has 1 heterocycles. The van der Waals surface area contributed by atoms with Crippen LogP contribution in [0.3, 0.4) is 0 Å². The van der Waals surface area contributed by atoms with Gasteiger partial charge in [0.05, 0.1) is 18.6 Å². The van der Waals surface area contributed by atoms with Gasteiger partial charge in [-0.1, -0.05) is 41.6 Å². The Balaban J connectivity index is 1.62. The molecule has 1 atom stereocenters. The molecule has 0 saturated carbocycles. The SMILES string of the molecule is COc1ccc(C=N/N=C2\NC(=O)[C@H](Cc3ccccc3Cl)S2)cc1. The normalized spacial score (nSPS) is 18.7. The minimum Gasteiger partial charge on any atom is -0.497 e. The van der Waals surface area contributed by atoms with Crippen LogP contribution in [0.4, 0.5) is 0 Å². The molecule has 1 aliphatic rings. The lowest BCUT2D eigenvalue weighted by molar-refractivity contribution is -0.118. The zero-order valence-electron chi connectivity index (χ0n) is 13.5. The number of amides is 1. The topological polar surface area (TPSA) is 63.1 Å². The maximum atomic E-state index is 12.1. The van der Waals surface area contributed by atoms with E-state index in [4.69, 9.17) is 16.3 Å². The second-order valence-electron chi connectivity index (χ2n) is 5.31. The molecule has 7 heteroatoms. The van der Waals surface area contributed by atoms with Gasteiger partial charge in [0.1, 0.15) is 5.75 Å². The van der Waals surface area contributed by atoms with Crippen LogP contribution in [0.5, 0.6) is 5.75 Å². The zero-order valence-corrected chi connectivity index (χ0v) is 15.1. The Labute approximate surface area is 155 Å². The standard InChI is InChI=1S/C18H16ClN3O2S/c1-24-14-8-6-12(7-9-14)11-20-22-18-21-17(23)16(25-18)10-13-4-2-3-5-15(13)19/h2-9,11,16H,10H2,1H3,(H,21,22,23)/t16-/m0/s1. The molecule has 1 N–H and O–H groups in total. The van der Waals surface area contributed by atoms with Crippen molar-refractivity contribution in [3.8, 4) is 5.75 Å². The molecule has 1 aliphatic heterocycles. The maximum absolute atomic E-state index is 12.1. The fourth-order valence-corrected chi connectivity index (χ4v) is 3.45. The third-order valence-corrected chi connectivity index (χ3v) is 5.05. The Bertz CT molecular complexity index is 821. The molecule has 0 radical (unpaired) electrons. The van der Waals surface area contributed by atoms with Crippen molar-refractivity contribution in [2.24, 2.45) is 10.2 Å². The van der Waals surface area contributed by atoms with Crippen molar-refractivity contribution in [1.29, 1.82) is 0 Å². The molecule has 1 amide bonds. The van der Waals surface area contributed by atoms with Crippen LogP contribution in [-0.2, 0) is 11.2 Å². The number of amidine groups is 1. The number of hydrogen-bond acceptors (Lipinski definition) is 5. The molecular weight excluding hydrogens is 358 g/mol. The van der Waals surface area contributed by atoms with E-state index in [0.29, 0.717) is 16.6 Å². The molecule has 0 bridgehead atoms. The second kappa shape index (κ2) is 8.18. The summed E-state index contributed by atoms with van der Waals surface area (Å²) in [4.78, 5) is 12.1. The number of hydrogen-bond donors (Lipinski definition) is 1. The molecule has 0 spiro atoms. The van der Waals surface area contributed by atoms with Gasteiger partial charge in [-0.05, 0) is 47.9 Å². The lowest BCUT2D eigenvalue weighted by atomic mass is 10.1. The molecule has 128 valence electrons. The maximum Gasteiger partial charge on any atom is 0.239 e. The summed E-state index contributed by atoms with van der Waals surface area (Å²) < 4.78 is 5.10. The first kappa shape index (κ1) is 17.5. The fraction of sp³-hybridized carbons (Fsp3) is 0.167. The molecule has 0 aromatic heterocycles. The number of nitrogens with zero attached hydrogens (tertiary/aromatic N) is 2. The van der Waals surface area contributed by atoms with E-state index in [1.165, 1.54) is 11.8 Å². The largest absolute Gasteiger partial charge is 0.497 e. The number of nitrogens with one attached hydrogen (secondary N) is 1. The molecular formula is C18H16ClN3O2S. The van der Waals surface area contributed by atoms with Gasteiger partial charge >= 0.3 is 0 Å². The van der Waals surface area contributed by atoms with E-state index in [-0.39, 0.29) is 11.2 Å². The fourth-order valence-electron chi connectivity index (χ4n) is 2.29. The highest BCUT2D eigenvalue weighted by Crippen LogP contribution is 2.26. The smallest absolute Gasteiger partial charge is 0.239 e. The molecule has 0 unspecified atom stereocenters. The van der Waals surface area contributed by atoms with Crippen LogP contribution in [0, 0.1) is 0 Å². The van der Waals surface area contributed by atoms with Crippen LogP contribution in [0.2, 0.25) is 5.02 Å². The van der Waals surface area contributed by atoms with E-state index < -0.39 is 0 Å². The zero-order chi connectivity index (χ0) is 17.6. The molecule has 0 aliphatic carbocycles. The molecule has 3 rings (SSSR count). The van der Waals surface area contributed by atoms with E-state index in [9.17, 15) is 4.79 Å². The van der Waals surface area contributed by atoms with Gasteiger partial charge < -0.3 is 10.1 Å². The number of methoxy groups -OCH3 is 1. The van der Waals surface area contributed by atoms with Crippen LogP contribution in [0.1, 0.15) is 11.1 Å². The van der Waals surface area contributed by atoms with Gasteiger partial charge in [0.2, 0.25) is 5.91 Å². The summed E-state index contributed by atoms with van der Waals surface area (Å²) in [5.41, 5.74) is 1.84. The van der Waals surface area contributed by atoms with Crippen LogP contribution in [0.25, 0.3) is 0 Å². The molecule has 5 nitrogen and oxygen atoms in total. The lowest BCUT2D eigenvalue weighted by Crippen LogP contribution is -2.26. The highest BCUT2D eigenvalue weighted by atomic mass is 35.5. The van der Waals surface area contributed by atoms with Crippen molar-refractivity contribution < 1.29 is 9.53 Å². The first-order valence-corrected chi connectivity index (χ1v) is 8.87. The summed E-state index contributed by atoms with van der Waals surface area (Å²) in [7, 11) is 1.62. The summed E-state index contributed by atoms with van der Waals surface area (Å²) in [5.74, 6) is 0.702. The Morgan fingerprint density at radius 3 is 2.72 bits per heavy atom. The summed E-state index contributed by atoms with van der Waals surface area (Å²) in [6.07, 6.45) is 2.18. The van der Waals surface area contributed by atoms with Crippen molar-refractivity contribution in [2.45, 2.75) is 11.7 Å². The first-order chi connectivity index (χ1) is 12.2. The molecule has 2 aromatic rings. The summed E-state index contributed by atoms with van der Waals surface area (Å²) in [5, 5.41) is 11.8. The Hall–Kier alpha value is -2.31. The van der Waals surface area contributed by atoms with Crippen LogP contribution < -0.4 is 10.1 Å². The Kier molecular flexibility index (Phi) is 5.73. The third-order valence-electron chi connectivity index (χ3n) is 3.61. The van der Waals surface area contributed by atoms with E-state index >= 15 is 0 Å². The second-order valence-corrected chi connectivity index (χ2v) is 6.91. The number of rotatable bonds is 5. The monoisotopic (exact) mass is 373 g/mol. The van der Waals surface area contributed by atoms with E-state index in [2.05, 4.69) is 15.5 Å². The van der Waals surface area contributed by atoms with Gasteiger partial charge in [-0.15, -0.1) is 5.10 Å². The minimum absolute atomic E-state index is 0.0803. The highest BCUT2D eigenvalue weighted by Gasteiger charge is 2.30. The summed E-state index contributed by atoms with van der Waals surface area (Å²) in [6.45, 7) is 0. The number of carbonyl (C=O) groups is 1. The number of halogens is 1. The Morgan fingerprint density at radius 2 is 2.00 bits per heavy atom. The molecule has 2 aromatic carbocycles. The van der Waals surface area contributed by atoms with Gasteiger partial charge in [0.25, 0.3) is 0 Å². The van der Waals surface area contributed by atoms with Gasteiger partial charge in [0, 0.05) is 5.02 Å². The molecule has 1 fully saturated rings. The predicted molar refractivity (Wildman–Crippen MR) is 103 cm³/mol. The summed E-state index contributed by atoms with van der Waals surface area (Å²) in [6, 6.07) is 15.0. The van der Waals surface area contributed by atoms with Crippen LogP contribution in [0.15, 0.2) is 58.7 Å². The average Bonchev–Trinajstić information content (AvgIpc) is 2.97. The van der Waals surface area contributed by atoms with Crippen molar-refractivity contribution in [3.63, 3.8) is 0 Å². The van der Waals surface area contributed by atoms with E-state index in [0.717, 1.165) is 16.9 Å². The number of carbonyl (C=O) groups excluding carboxylic acids is 1. The number of benzene rings is 2. The lowest BCUT2D eigenvalue weighted by Gasteiger charge is -2.06. The van der Waals surface area contributed by atoms with Gasteiger partial charge in [-0.25, -0.2) is 0 Å². The van der Waals surface area contributed by atoms with Crippen LogP contribution in [-0.4, -0.2) is 29.6 Å². The van der Waals surface area contributed by atoms with Crippen molar-refractivity contribution in [1.82, 2.24) is 5.32 Å². The number of ether oxygens (including phenoxy) is 1. The minimum atomic E-state index is -0.255. The predicted octanol–water partition coefficient (Wildman–Crippen LogP) is 3.51. The van der Waals surface area contributed by atoms with Crippen LogP contribution >= 0.6 is 23.4 Å². The molecule has 1 saturated heterocycles. The van der Waals surface area contributed by atoms with Gasteiger partial charge in [-0.2, -0.15) is 5.10 Å². The van der Waals surface area contributed by atoms with E-state index in [1.54, 1.807) is 13.3 Å². The van der Waals surface area contributed by atoms with Crippen molar-refractivity contribution in [2.75, 3.05) is 7.11 Å². The van der Waals surface area contributed by atoms with E-state index in [1.807, 2.05) is 48.5 Å². The highest BCUT2D eigenvalue weighted by molar-refractivity contribution is 8.15. The van der Waals surface area contributed by atoms with Crippen molar-refractivity contribution >= 4 is 40.7 Å². The Morgan fingerprint density at radius 1 is 1.24 bits per heavy atom. The quantitative estimate of drug-likeness (QED) is 0.644. The third kappa shape index (κ3) is 4.61. The molecule has 25 heavy (non-hydrogen) atoms. The number of thioether (sulfide) groups is 1.